The largest absolute Gasteiger partial charge is 0.325 e. The van der Waals surface area contributed by atoms with Gasteiger partial charge in [-0.15, -0.1) is 11.8 Å². The van der Waals surface area contributed by atoms with Crippen molar-refractivity contribution in [2.75, 3.05) is 16.9 Å². The Hall–Kier alpha value is -3.55. The molecule has 6 nitrogen and oxygen atoms in total. The first-order chi connectivity index (χ1) is 17.0. The van der Waals surface area contributed by atoms with E-state index >= 15 is 0 Å². The highest BCUT2D eigenvalue weighted by atomic mass is 32.2. The van der Waals surface area contributed by atoms with Crippen LogP contribution in [0.2, 0.25) is 0 Å². The number of fused-ring (bicyclic) bond motifs is 6. The predicted molar refractivity (Wildman–Crippen MR) is 132 cm³/mol. The molecule has 0 radical (unpaired) electrons. The molecule has 1 aliphatic carbocycles. The molecule has 35 heavy (non-hydrogen) atoms. The predicted octanol–water partition coefficient (Wildman–Crippen LogP) is 3.58. The summed E-state index contributed by atoms with van der Waals surface area (Å²) in [5.74, 6) is -1.70. The fraction of sp³-hybridized carbons (Fsp3) is 0.214. The SMILES string of the molecule is O=C(c1ccccc1)[C@H]1C2(C(=O)c3ccccc3C2=O)N2CSC[C@@H]2[C@@]12C(=O)Nc1ccccc12. The Balaban J connectivity index is 1.58. The van der Waals surface area contributed by atoms with Gasteiger partial charge >= 0.3 is 0 Å². The average molecular weight is 481 g/mol. The van der Waals surface area contributed by atoms with Crippen LogP contribution >= 0.6 is 11.8 Å². The maximum Gasteiger partial charge on any atom is 0.237 e. The van der Waals surface area contributed by atoms with E-state index in [1.165, 1.54) is 0 Å². The van der Waals surface area contributed by atoms with Crippen LogP contribution in [-0.4, -0.2) is 51.4 Å². The molecule has 4 aliphatic rings. The molecule has 7 heteroatoms. The molecule has 1 N–H and O–H groups in total. The summed E-state index contributed by atoms with van der Waals surface area (Å²) >= 11 is 1.59. The molecule has 0 bridgehead atoms. The number of Topliss-reactive ketones (excluding diaryl/α,β-unsaturated/α-hetero) is 3. The summed E-state index contributed by atoms with van der Waals surface area (Å²) in [5, 5.41) is 2.99. The molecular weight excluding hydrogens is 460 g/mol. The number of hydrogen-bond acceptors (Lipinski definition) is 6. The van der Waals surface area contributed by atoms with Crippen LogP contribution < -0.4 is 5.32 Å². The van der Waals surface area contributed by atoms with E-state index in [9.17, 15) is 19.2 Å². The number of benzene rings is 3. The number of nitrogens with zero attached hydrogens (tertiary/aromatic N) is 1. The first-order valence-corrected chi connectivity index (χ1v) is 12.7. The lowest BCUT2D eigenvalue weighted by Gasteiger charge is -2.37. The first kappa shape index (κ1) is 20.8. The van der Waals surface area contributed by atoms with Gasteiger partial charge in [0.05, 0.1) is 5.92 Å². The molecule has 2 saturated heterocycles. The van der Waals surface area contributed by atoms with Gasteiger partial charge in [0.2, 0.25) is 5.91 Å². The molecule has 2 spiro atoms. The van der Waals surface area contributed by atoms with Crippen LogP contribution in [0.15, 0.2) is 78.9 Å². The molecule has 3 atom stereocenters. The Kier molecular flexibility index (Phi) is 4.15. The van der Waals surface area contributed by atoms with Crippen molar-refractivity contribution in [3.63, 3.8) is 0 Å². The molecule has 2 fully saturated rings. The number of anilines is 1. The number of thioether (sulfide) groups is 1. The van der Waals surface area contributed by atoms with Crippen LogP contribution in [0.3, 0.4) is 0 Å². The Morgan fingerprint density at radius 3 is 2.20 bits per heavy atom. The van der Waals surface area contributed by atoms with E-state index in [2.05, 4.69) is 5.32 Å². The molecule has 3 heterocycles. The van der Waals surface area contributed by atoms with Crippen molar-refractivity contribution in [2.24, 2.45) is 5.92 Å². The van der Waals surface area contributed by atoms with Gasteiger partial charge in [-0.2, -0.15) is 0 Å². The number of rotatable bonds is 2. The second-order valence-corrected chi connectivity index (χ2v) is 10.5. The zero-order valence-electron chi connectivity index (χ0n) is 18.6. The number of para-hydroxylation sites is 1. The summed E-state index contributed by atoms with van der Waals surface area (Å²) < 4.78 is 0. The molecule has 0 unspecified atom stereocenters. The van der Waals surface area contributed by atoms with Crippen molar-refractivity contribution in [2.45, 2.75) is 17.0 Å². The number of hydrogen-bond donors (Lipinski definition) is 1. The molecule has 3 aromatic rings. The van der Waals surface area contributed by atoms with Gasteiger partial charge in [0.1, 0.15) is 5.41 Å². The number of ketones is 3. The van der Waals surface area contributed by atoms with E-state index in [-0.39, 0.29) is 23.3 Å². The lowest BCUT2D eigenvalue weighted by Crippen LogP contribution is -2.60. The summed E-state index contributed by atoms with van der Waals surface area (Å²) in [6, 6.07) is 22.4. The highest BCUT2D eigenvalue weighted by molar-refractivity contribution is 7.99. The van der Waals surface area contributed by atoms with Crippen molar-refractivity contribution in [1.29, 1.82) is 0 Å². The summed E-state index contributed by atoms with van der Waals surface area (Å²) in [5.41, 5.74) is -0.776. The van der Waals surface area contributed by atoms with Crippen molar-refractivity contribution < 1.29 is 19.2 Å². The monoisotopic (exact) mass is 480 g/mol. The third-order valence-corrected chi connectivity index (χ3v) is 9.17. The maximum absolute atomic E-state index is 14.5. The lowest BCUT2D eigenvalue weighted by molar-refractivity contribution is -0.122. The van der Waals surface area contributed by atoms with E-state index < -0.39 is 22.9 Å². The topological polar surface area (TPSA) is 83.6 Å². The van der Waals surface area contributed by atoms with Crippen LogP contribution in [0, 0.1) is 5.92 Å². The maximum atomic E-state index is 14.5. The first-order valence-electron chi connectivity index (χ1n) is 11.6. The van der Waals surface area contributed by atoms with Gasteiger partial charge in [-0.25, -0.2) is 0 Å². The third-order valence-electron chi connectivity index (χ3n) is 8.16. The van der Waals surface area contributed by atoms with Crippen LogP contribution in [-0.2, 0) is 10.2 Å². The molecule has 0 aromatic heterocycles. The highest BCUT2D eigenvalue weighted by Crippen LogP contribution is 2.63. The molecule has 3 aliphatic heterocycles. The standard InChI is InChI=1S/C28H20N2O4S/c31-22(16-8-2-1-3-9-16)23-27(19-12-6-7-13-20(19)29-26(27)34)21-14-35-15-30(21)28(23)24(32)17-10-4-5-11-18(17)25(28)33/h1-13,21,23H,14-15H2,(H,29,34)/t21-,23-,27-/m1/s1. The molecule has 1 amide bonds. The summed E-state index contributed by atoms with van der Waals surface area (Å²) in [4.78, 5) is 59.0. The minimum Gasteiger partial charge on any atom is -0.325 e. The summed E-state index contributed by atoms with van der Waals surface area (Å²) in [7, 11) is 0. The van der Waals surface area contributed by atoms with Crippen molar-refractivity contribution in [1.82, 2.24) is 4.90 Å². The normalized spacial score (nSPS) is 27.8. The average Bonchev–Trinajstić information content (AvgIpc) is 3.60. The third kappa shape index (κ3) is 2.26. The quantitative estimate of drug-likeness (QED) is 0.446. The van der Waals surface area contributed by atoms with Crippen molar-refractivity contribution >= 4 is 40.7 Å². The van der Waals surface area contributed by atoms with E-state index in [0.29, 0.717) is 39.6 Å². The Labute approximate surface area is 205 Å². The second-order valence-electron chi connectivity index (χ2n) is 9.49. The van der Waals surface area contributed by atoms with E-state index in [0.717, 1.165) is 0 Å². The Bertz CT molecular complexity index is 1430. The summed E-state index contributed by atoms with van der Waals surface area (Å²) in [6.07, 6.45) is 0. The van der Waals surface area contributed by atoms with Gasteiger partial charge in [-0.05, 0) is 11.6 Å². The van der Waals surface area contributed by atoms with E-state index in [1.54, 1.807) is 60.3 Å². The van der Waals surface area contributed by atoms with Gasteiger partial charge in [0.25, 0.3) is 0 Å². The van der Waals surface area contributed by atoms with Crippen LogP contribution in [0.1, 0.15) is 36.6 Å². The second kappa shape index (κ2) is 6.99. The van der Waals surface area contributed by atoms with E-state index in [4.69, 9.17) is 0 Å². The Morgan fingerprint density at radius 1 is 0.857 bits per heavy atom. The van der Waals surface area contributed by atoms with Gasteiger partial charge in [0, 0.05) is 40.0 Å². The van der Waals surface area contributed by atoms with E-state index in [1.807, 2.05) is 35.2 Å². The zero-order chi connectivity index (χ0) is 23.9. The minimum atomic E-state index is -1.76. The molecular formula is C28H20N2O4S. The van der Waals surface area contributed by atoms with Gasteiger partial charge in [0.15, 0.2) is 22.9 Å². The van der Waals surface area contributed by atoms with Crippen LogP contribution in [0.5, 0.6) is 0 Å². The zero-order valence-corrected chi connectivity index (χ0v) is 19.4. The summed E-state index contributed by atoms with van der Waals surface area (Å²) in [6.45, 7) is 0. The number of carbonyl (C=O) groups is 4. The fourth-order valence-corrected chi connectivity index (χ4v) is 8.21. The smallest absolute Gasteiger partial charge is 0.237 e. The van der Waals surface area contributed by atoms with Gasteiger partial charge in [-0.1, -0.05) is 72.8 Å². The van der Waals surface area contributed by atoms with Crippen LogP contribution in [0.25, 0.3) is 0 Å². The van der Waals surface area contributed by atoms with Gasteiger partial charge < -0.3 is 5.32 Å². The highest BCUT2D eigenvalue weighted by Gasteiger charge is 2.80. The fourth-order valence-electron chi connectivity index (χ4n) is 6.86. The van der Waals surface area contributed by atoms with Gasteiger partial charge in [-0.3, -0.25) is 24.1 Å². The number of carbonyl (C=O) groups excluding carboxylic acids is 4. The molecule has 7 rings (SSSR count). The van der Waals surface area contributed by atoms with Crippen molar-refractivity contribution in [3.05, 3.63) is 101 Å². The van der Waals surface area contributed by atoms with Crippen molar-refractivity contribution in [3.8, 4) is 0 Å². The number of nitrogens with one attached hydrogen (secondary N) is 1. The molecule has 0 saturated carbocycles. The number of amides is 1. The molecule has 3 aromatic carbocycles. The minimum absolute atomic E-state index is 0.320. The molecule has 172 valence electrons. The Morgan fingerprint density at radius 2 is 1.49 bits per heavy atom. The van der Waals surface area contributed by atoms with Crippen LogP contribution in [0.4, 0.5) is 5.69 Å². The lowest BCUT2D eigenvalue weighted by atomic mass is 9.60.